The van der Waals surface area contributed by atoms with Crippen LogP contribution in [0.25, 0.3) is 5.69 Å². The Morgan fingerprint density at radius 1 is 0.885 bits per heavy atom. The van der Waals surface area contributed by atoms with Gasteiger partial charge >= 0.3 is 0 Å². The molecule has 6 heteroatoms. The summed E-state index contributed by atoms with van der Waals surface area (Å²) in [5.74, 6) is 0. The van der Waals surface area contributed by atoms with Gasteiger partial charge in [0.25, 0.3) is 0 Å². The van der Waals surface area contributed by atoms with Gasteiger partial charge in [-0.15, -0.1) is 0 Å². The van der Waals surface area contributed by atoms with Gasteiger partial charge in [0.2, 0.25) is 10.0 Å². The molecule has 3 rings (SSSR count). The number of sulfonamides is 1. The van der Waals surface area contributed by atoms with Crippen LogP contribution >= 0.6 is 0 Å². The van der Waals surface area contributed by atoms with E-state index in [0.29, 0.717) is 11.4 Å². The van der Waals surface area contributed by atoms with Crippen molar-refractivity contribution in [3.63, 3.8) is 0 Å². The summed E-state index contributed by atoms with van der Waals surface area (Å²) in [6.45, 7) is 7.76. The Hall–Kier alpha value is -2.44. The number of hydrogen-bond acceptors (Lipinski definition) is 3. The van der Waals surface area contributed by atoms with Gasteiger partial charge in [-0.1, -0.05) is 47.5 Å². The molecule has 0 saturated carbocycles. The van der Waals surface area contributed by atoms with Crippen molar-refractivity contribution in [2.75, 3.05) is 0 Å². The molecule has 0 amide bonds. The summed E-state index contributed by atoms with van der Waals surface area (Å²) >= 11 is 0. The summed E-state index contributed by atoms with van der Waals surface area (Å²) in [6.07, 6.45) is 0. The second-order valence-electron chi connectivity index (χ2n) is 6.56. The zero-order chi connectivity index (χ0) is 18.9. The second kappa shape index (κ2) is 7.05. The third kappa shape index (κ3) is 3.71. The fraction of sp³-hybridized carbons (Fsp3) is 0.250. The first-order valence-electron chi connectivity index (χ1n) is 8.46. The van der Waals surface area contributed by atoms with Gasteiger partial charge in [-0.05, 0) is 45.4 Å². The number of nitrogens with one attached hydrogen (secondary N) is 1. The molecule has 1 aromatic heterocycles. The number of rotatable bonds is 5. The predicted molar refractivity (Wildman–Crippen MR) is 103 cm³/mol. The van der Waals surface area contributed by atoms with E-state index in [1.807, 2.05) is 62.4 Å². The summed E-state index contributed by atoms with van der Waals surface area (Å²) in [6, 6.07) is 15.6. The van der Waals surface area contributed by atoms with Gasteiger partial charge in [-0.3, -0.25) is 0 Å². The molecule has 0 fully saturated rings. The normalized spacial score (nSPS) is 11.7. The molecule has 0 aliphatic heterocycles. The Morgan fingerprint density at radius 3 is 2.00 bits per heavy atom. The minimum absolute atomic E-state index is 0.241. The molecule has 0 saturated heterocycles. The minimum atomic E-state index is -3.66. The standard InChI is InChI=1S/C20H23N3O2S/c1-14-5-9-18(10-6-14)13-21-26(24,25)20-16(3)22-23(17(20)4)19-11-7-15(2)8-12-19/h5-12,21H,13H2,1-4H3. The molecule has 1 heterocycles. The maximum atomic E-state index is 12.8. The van der Waals surface area contributed by atoms with Crippen molar-refractivity contribution >= 4 is 10.0 Å². The molecule has 0 unspecified atom stereocenters. The highest BCUT2D eigenvalue weighted by Crippen LogP contribution is 2.23. The highest BCUT2D eigenvalue weighted by atomic mass is 32.2. The molecule has 0 spiro atoms. The lowest BCUT2D eigenvalue weighted by atomic mass is 10.2. The van der Waals surface area contributed by atoms with E-state index in [4.69, 9.17) is 0 Å². The summed E-state index contributed by atoms with van der Waals surface area (Å²) < 4.78 is 30.1. The van der Waals surface area contributed by atoms with Crippen LogP contribution in [0.1, 0.15) is 28.1 Å². The Kier molecular flexibility index (Phi) is 4.98. The van der Waals surface area contributed by atoms with Crippen molar-refractivity contribution in [1.29, 1.82) is 0 Å². The van der Waals surface area contributed by atoms with E-state index in [2.05, 4.69) is 9.82 Å². The smallest absolute Gasteiger partial charge is 0.236 e. The topological polar surface area (TPSA) is 64.0 Å². The average molecular weight is 369 g/mol. The van der Waals surface area contributed by atoms with E-state index in [1.54, 1.807) is 18.5 Å². The lowest BCUT2D eigenvalue weighted by Crippen LogP contribution is -2.24. The molecular weight excluding hydrogens is 346 g/mol. The minimum Gasteiger partial charge on any atom is -0.236 e. The maximum absolute atomic E-state index is 12.8. The largest absolute Gasteiger partial charge is 0.244 e. The van der Waals surface area contributed by atoms with Crippen LogP contribution in [-0.2, 0) is 16.6 Å². The lowest BCUT2D eigenvalue weighted by molar-refractivity contribution is 0.580. The van der Waals surface area contributed by atoms with Gasteiger partial charge in [-0.25, -0.2) is 17.8 Å². The first-order chi connectivity index (χ1) is 12.3. The van der Waals surface area contributed by atoms with Crippen molar-refractivity contribution in [3.8, 4) is 5.69 Å². The van der Waals surface area contributed by atoms with E-state index in [1.165, 1.54) is 0 Å². The average Bonchev–Trinajstić information content (AvgIpc) is 2.90. The van der Waals surface area contributed by atoms with Crippen molar-refractivity contribution in [2.45, 2.75) is 39.1 Å². The number of hydrogen-bond donors (Lipinski definition) is 1. The van der Waals surface area contributed by atoms with Crippen LogP contribution < -0.4 is 4.72 Å². The van der Waals surface area contributed by atoms with Crippen LogP contribution in [-0.4, -0.2) is 18.2 Å². The van der Waals surface area contributed by atoms with E-state index < -0.39 is 10.0 Å². The van der Waals surface area contributed by atoms with Crippen molar-refractivity contribution in [1.82, 2.24) is 14.5 Å². The number of nitrogens with zero attached hydrogens (tertiary/aromatic N) is 2. The van der Waals surface area contributed by atoms with Crippen LogP contribution in [0.4, 0.5) is 0 Å². The number of benzene rings is 2. The summed E-state index contributed by atoms with van der Waals surface area (Å²) in [7, 11) is -3.66. The van der Waals surface area contributed by atoms with Crippen molar-refractivity contribution in [2.24, 2.45) is 0 Å². The Bertz CT molecular complexity index is 1020. The van der Waals surface area contributed by atoms with Crippen LogP contribution in [0.3, 0.4) is 0 Å². The Morgan fingerprint density at radius 2 is 1.42 bits per heavy atom. The molecule has 1 N–H and O–H groups in total. The quantitative estimate of drug-likeness (QED) is 0.748. The third-order valence-electron chi connectivity index (χ3n) is 4.36. The van der Waals surface area contributed by atoms with Gasteiger partial charge in [0, 0.05) is 6.54 Å². The molecule has 3 aromatic rings. The monoisotopic (exact) mass is 369 g/mol. The van der Waals surface area contributed by atoms with Crippen LogP contribution in [0.2, 0.25) is 0 Å². The Labute approximate surface area is 154 Å². The first kappa shape index (κ1) is 18.4. The molecule has 0 aliphatic carbocycles. The molecule has 0 atom stereocenters. The van der Waals surface area contributed by atoms with Gasteiger partial charge in [-0.2, -0.15) is 5.10 Å². The van der Waals surface area contributed by atoms with Gasteiger partial charge < -0.3 is 0 Å². The fourth-order valence-electron chi connectivity index (χ4n) is 2.91. The third-order valence-corrected chi connectivity index (χ3v) is 6.01. The van der Waals surface area contributed by atoms with Crippen molar-refractivity contribution < 1.29 is 8.42 Å². The van der Waals surface area contributed by atoms with Crippen molar-refractivity contribution in [3.05, 3.63) is 76.6 Å². The maximum Gasteiger partial charge on any atom is 0.244 e. The summed E-state index contributed by atoms with van der Waals surface area (Å²) in [5.41, 5.74) is 5.13. The molecule has 0 bridgehead atoms. The fourth-order valence-corrected chi connectivity index (χ4v) is 4.32. The molecule has 2 aromatic carbocycles. The van der Waals surface area contributed by atoms with Gasteiger partial charge in [0.05, 0.1) is 17.1 Å². The van der Waals surface area contributed by atoms with E-state index >= 15 is 0 Å². The first-order valence-corrected chi connectivity index (χ1v) is 9.95. The molecule has 0 aliphatic rings. The zero-order valence-corrected chi connectivity index (χ0v) is 16.3. The zero-order valence-electron chi connectivity index (χ0n) is 15.4. The highest BCUT2D eigenvalue weighted by molar-refractivity contribution is 7.89. The van der Waals surface area contributed by atoms with E-state index in [9.17, 15) is 8.42 Å². The van der Waals surface area contributed by atoms with Crippen LogP contribution in [0.15, 0.2) is 53.4 Å². The lowest BCUT2D eigenvalue weighted by Gasteiger charge is -2.09. The molecule has 0 radical (unpaired) electrons. The Balaban J connectivity index is 1.90. The second-order valence-corrected chi connectivity index (χ2v) is 8.26. The number of aryl methyl sites for hydroxylation is 3. The van der Waals surface area contributed by atoms with Crippen LogP contribution in [0.5, 0.6) is 0 Å². The van der Waals surface area contributed by atoms with E-state index in [0.717, 1.165) is 22.4 Å². The van der Waals surface area contributed by atoms with Gasteiger partial charge in [0.15, 0.2) is 0 Å². The molecule has 136 valence electrons. The molecular formula is C20H23N3O2S. The number of aromatic nitrogens is 2. The summed E-state index contributed by atoms with van der Waals surface area (Å²) in [5, 5.41) is 4.44. The van der Waals surface area contributed by atoms with Gasteiger partial charge in [0.1, 0.15) is 4.90 Å². The summed E-state index contributed by atoms with van der Waals surface area (Å²) in [4.78, 5) is 0.241. The van der Waals surface area contributed by atoms with E-state index in [-0.39, 0.29) is 11.4 Å². The predicted octanol–water partition coefficient (Wildman–Crippen LogP) is 3.58. The molecule has 5 nitrogen and oxygen atoms in total. The highest BCUT2D eigenvalue weighted by Gasteiger charge is 2.24. The molecule has 26 heavy (non-hydrogen) atoms. The SMILES string of the molecule is Cc1ccc(CNS(=O)(=O)c2c(C)nn(-c3ccc(C)cc3)c2C)cc1. The van der Waals surface area contributed by atoms with Crippen LogP contribution in [0, 0.1) is 27.7 Å².